The predicted molar refractivity (Wildman–Crippen MR) is 146 cm³/mol. The van der Waals surface area contributed by atoms with Crippen molar-refractivity contribution in [1.82, 2.24) is 10.3 Å². The van der Waals surface area contributed by atoms with Crippen molar-refractivity contribution >= 4 is 44.3 Å². The number of aromatic nitrogens is 1. The summed E-state index contributed by atoms with van der Waals surface area (Å²) in [7, 11) is 0. The van der Waals surface area contributed by atoms with Gasteiger partial charge in [0.05, 0.1) is 35.7 Å². The molecule has 0 aliphatic heterocycles. The first-order chi connectivity index (χ1) is 16.9. The minimum absolute atomic E-state index is 0.126. The standard InChI is InChI=1S/C27H34BrFN4O3/c1-16(32-25-21-13-18(28)8-10-23(21)31-15-22(25)30)7-6-12-35-24-11-9-19(29)14-20(24)17(2)33-26(34)36-27(3,4)5/h8-11,13-17H,6-7,12,30H2,1-5H3,(H,31,32)(H,33,34). The molecule has 0 saturated heterocycles. The third-order valence-corrected chi connectivity index (χ3v) is 5.95. The Labute approximate surface area is 220 Å². The van der Waals surface area contributed by atoms with E-state index >= 15 is 0 Å². The first-order valence-electron chi connectivity index (χ1n) is 11.9. The minimum Gasteiger partial charge on any atom is -0.493 e. The van der Waals surface area contributed by atoms with Crippen LogP contribution in [0.4, 0.5) is 20.6 Å². The summed E-state index contributed by atoms with van der Waals surface area (Å²) in [4.78, 5) is 16.6. The van der Waals surface area contributed by atoms with E-state index in [1.165, 1.54) is 12.1 Å². The van der Waals surface area contributed by atoms with Gasteiger partial charge >= 0.3 is 6.09 Å². The molecule has 7 nitrogen and oxygen atoms in total. The number of pyridine rings is 1. The molecule has 3 aromatic rings. The predicted octanol–water partition coefficient (Wildman–Crippen LogP) is 6.96. The number of ether oxygens (including phenoxy) is 2. The molecule has 0 radical (unpaired) electrons. The largest absolute Gasteiger partial charge is 0.493 e. The van der Waals surface area contributed by atoms with E-state index in [-0.39, 0.29) is 6.04 Å². The molecule has 2 aromatic carbocycles. The van der Waals surface area contributed by atoms with Crippen molar-refractivity contribution in [3.63, 3.8) is 0 Å². The number of nitrogen functional groups attached to an aromatic ring is 1. The lowest BCUT2D eigenvalue weighted by atomic mass is 10.1. The average Bonchev–Trinajstić information content (AvgIpc) is 2.78. The monoisotopic (exact) mass is 560 g/mol. The number of hydrogen-bond acceptors (Lipinski definition) is 6. The highest BCUT2D eigenvalue weighted by atomic mass is 79.9. The fourth-order valence-corrected chi connectivity index (χ4v) is 4.14. The number of amides is 1. The Kier molecular flexibility index (Phi) is 9.00. The summed E-state index contributed by atoms with van der Waals surface area (Å²) in [5.74, 6) is 0.122. The molecule has 1 heterocycles. The molecule has 3 rings (SSSR count). The number of nitrogens with two attached hydrogens (primary N) is 1. The van der Waals surface area contributed by atoms with Gasteiger partial charge in [0.15, 0.2) is 0 Å². The van der Waals surface area contributed by atoms with E-state index in [0.717, 1.165) is 33.9 Å². The average molecular weight is 561 g/mol. The van der Waals surface area contributed by atoms with Crippen LogP contribution in [-0.2, 0) is 4.74 Å². The van der Waals surface area contributed by atoms with Gasteiger partial charge in [-0.25, -0.2) is 9.18 Å². The Bertz CT molecular complexity index is 1210. The topological polar surface area (TPSA) is 98.5 Å². The molecular weight excluding hydrogens is 527 g/mol. The van der Waals surface area contributed by atoms with Gasteiger partial charge in [-0.2, -0.15) is 0 Å². The minimum atomic E-state index is -0.625. The summed E-state index contributed by atoms with van der Waals surface area (Å²) in [6.45, 7) is 9.64. The highest BCUT2D eigenvalue weighted by Crippen LogP contribution is 2.31. The van der Waals surface area contributed by atoms with Gasteiger partial charge in [-0.05, 0) is 83.9 Å². The van der Waals surface area contributed by atoms with Crippen LogP contribution in [-0.4, -0.2) is 29.3 Å². The van der Waals surface area contributed by atoms with E-state index < -0.39 is 23.6 Å². The number of alkyl carbamates (subject to hydrolysis) is 1. The Hall–Kier alpha value is -3.07. The summed E-state index contributed by atoms with van der Waals surface area (Å²) in [6.07, 6.45) is 2.67. The van der Waals surface area contributed by atoms with Crippen LogP contribution in [0.5, 0.6) is 5.75 Å². The zero-order valence-corrected chi connectivity index (χ0v) is 22.9. The quantitative estimate of drug-likeness (QED) is 0.244. The highest BCUT2D eigenvalue weighted by Gasteiger charge is 2.20. The van der Waals surface area contributed by atoms with E-state index in [9.17, 15) is 9.18 Å². The fraction of sp³-hybridized carbons (Fsp3) is 0.407. The van der Waals surface area contributed by atoms with Crippen molar-refractivity contribution in [2.45, 2.75) is 65.1 Å². The fourth-order valence-electron chi connectivity index (χ4n) is 3.78. The van der Waals surface area contributed by atoms with Crippen LogP contribution in [0.1, 0.15) is 59.1 Å². The van der Waals surface area contributed by atoms with E-state index in [0.29, 0.717) is 23.6 Å². The Morgan fingerprint density at radius 1 is 1.19 bits per heavy atom. The van der Waals surface area contributed by atoms with Crippen molar-refractivity contribution in [1.29, 1.82) is 0 Å². The zero-order chi connectivity index (χ0) is 26.5. The molecule has 36 heavy (non-hydrogen) atoms. The number of fused-ring (bicyclic) bond motifs is 1. The van der Waals surface area contributed by atoms with E-state index in [1.54, 1.807) is 40.0 Å². The maximum Gasteiger partial charge on any atom is 0.408 e. The van der Waals surface area contributed by atoms with E-state index in [1.807, 2.05) is 18.2 Å². The summed E-state index contributed by atoms with van der Waals surface area (Å²) in [5.41, 5.74) is 8.44. The molecule has 0 fully saturated rings. The van der Waals surface area contributed by atoms with E-state index in [2.05, 4.69) is 38.5 Å². The molecule has 0 aliphatic rings. The van der Waals surface area contributed by atoms with Crippen LogP contribution in [0.2, 0.25) is 0 Å². The van der Waals surface area contributed by atoms with Gasteiger partial charge in [-0.1, -0.05) is 15.9 Å². The summed E-state index contributed by atoms with van der Waals surface area (Å²) < 4.78 is 26.2. The molecule has 0 spiro atoms. The maximum atomic E-state index is 14.0. The second-order valence-electron chi connectivity index (χ2n) is 9.84. The van der Waals surface area contributed by atoms with Crippen LogP contribution in [0, 0.1) is 5.82 Å². The number of nitrogens with zero attached hydrogens (tertiary/aromatic N) is 1. The molecule has 9 heteroatoms. The van der Waals surface area contributed by atoms with Crippen LogP contribution in [0.15, 0.2) is 47.1 Å². The lowest BCUT2D eigenvalue weighted by Gasteiger charge is -2.23. The first kappa shape index (κ1) is 27.5. The van der Waals surface area contributed by atoms with Crippen molar-refractivity contribution in [2.75, 3.05) is 17.7 Å². The van der Waals surface area contributed by atoms with Gasteiger partial charge in [0, 0.05) is 21.5 Å². The smallest absolute Gasteiger partial charge is 0.408 e. The number of anilines is 2. The zero-order valence-electron chi connectivity index (χ0n) is 21.3. The molecule has 0 saturated carbocycles. The normalized spacial score (nSPS) is 13.2. The third kappa shape index (κ3) is 7.71. The van der Waals surface area contributed by atoms with Gasteiger partial charge in [0.2, 0.25) is 0 Å². The van der Waals surface area contributed by atoms with Gasteiger partial charge in [0.25, 0.3) is 0 Å². The number of carbonyl (C=O) groups excluding carboxylic acids is 1. The molecule has 1 aromatic heterocycles. The molecular formula is C27H34BrFN4O3. The van der Waals surface area contributed by atoms with Crippen molar-refractivity contribution in [3.8, 4) is 5.75 Å². The maximum absolute atomic E-state index is 14.0. The molecule has 0 aliphatic carbocycles. The van der Waals surface area contributed by atoms with Crippen LogP contribution < -0.4 is 21.1 Å². The molecule has 1 amide bonds. The summed E-state index contributed by atoms with van der Waals surface area (Å²) in [5, 5.41) is 7.20. The second-order valence-corrected chi connectivity index (χ2v) is 10.8. The number of carbonyl (C=O) groups is 1. The number of rotatable bonds is 9. The van der Waals surface area contributed by atoms with Gasteiger partial charge < -0.3 is 25.8 Å². The van der Waals surface area contributed by atoms with Crippen LogP contribution in [0.3, 0.4) is 0 Å². The first-order valence-corrected chi connectivity index (χ1v) is 12.7. The molecule has 194 valence electrons. The number of halogens is 2. The number of nitrogens with one attached hydrogen (secondary N) is 2. The Balaban J connectivity index is 1.58. The SMILES string of the molecule is CC(CCCOc1ccc(F)cc1C(C)NC(=O)OC(C)(C)C)Nc1c(N)cnc2ccc(Br)cc12. The van der Waals surface area contributed by atoms with E-state index in [4.69, 9.17) is 15.2 Å². The lowest BCUT2D eigenvalue weighted by molar-refractivity contribution is 0.0507. The van der Waals surface area contributed by atoms with Crippen molar-refractivity contribution in [2.24, 2.45) is 0 Å². The Morgan fingerprint density at radius 3 is 2.67 bits per heavy atom. The number of benzene rings is 2. The highest BCUT2D eigenvalue weighted by molar-refractivity contribution is 9.10. The lowest BCUT2D eigenvalue weighted by Crippen LogP contribution is -2.34. The number of hydrogen-bond donors (Lipinski definition) is 3. The van der Waals surface area contributed by atoms with Gasteiger partial charge in [-0.3, -0.25) is 4.98 Å². The second kappa shape index (κ2) is 11.8. The molecule has 0 bridgehead atoms. The molecule has 4 N–H and O–H groups in total. The van der Waals surface area contributed by atoms with Gasteiger partial charge in [-0.15, -0.1) is 0 Å². The van der Waals surface area contributed by atoms with Crippen molar-refractivity contribution in [3.05, 3.63) is 58.4 Å². The third-order valence-electron chi connectivity index (χ3n) is 5.46. The van der Waals surface area contributed by atoms with Crippen LogP contribution in [0.25, 0.3) is 10.9 Å². The Morgan fingerprint density at radius 2 is 1.94 bits per heavy atom. The summed E-state index contributed by atoms with van der Waals surface area (Å²) in [6, 6.07) is 9.83. The molecule has 2 unspecified atom stereocenters. The van der Waals surface area contributed by atoms with Crippen molar-refractivity contribution < 1.29 is 18.7 Å². The van der Waals surface area contributed by atoms with Gasteiger partial charge in [0.1, 0.15) is 17.2 Å². The molecule has 2 atom stereocenters. The van der Waals surface area contributed by atoms with Crippen LogP contribution >= 0.6 is 15.9 Å². The summed E-state index contributed by atoms with van der Waals surface area (Å²) >= 11 is 3.51.